The Kier molecular flexibility index (Phi) is 4.77. The van der Waals surface area contributed by atoms with Gasteiger partial charge < -0.3 is 10.0 Å². The number of benzene rings is 1. The molecule has 1 fully saturated rings. The van der Waals surface area contributed by atoms with Crippen LogP contribution in [0.1, 0.15) is 19.8 Å². The first-order chi connectivity index (χ1) is 9.77. The van der Waals surface area contributed by atoms with E-state index in [1.165, 1.54) is 0 Å². The van der Waals surface area contributed by atoms with E-state index in [2.05, 4.69) is 0 Å². The van der Waals surface area contributed by atoms with Crippen LogP contribution in [0.15, 0.2) is 66.5 Å². The number of aliphatic hydroxyl groups is 1. The number of carbonyl (C=O) groups excluding carboxylic acids is 1. The Morgan fingerprint density at radius 3 is 2.70 bits per heavy atom. The van der Waals surface area contributed by atoms with Gasteiger partial charge >= 0.3 is 0 Å². The van der Waals surface area contributed by atoms with Gasteiger partial charge in [-0.25, -0.2) is 0 Å². The second kappa shape index (κ2) is 6.75. The molecule has 1 aromatic carbocycles. The van der Waals surface area contributed by atoms with E-state index in [0.29, 0.717) is 6.42 Å². The summed E-state index contributed by atoms with van der Waals surface area (Å²) in [5.74, 6) is 0.0856. The third kappa shape index (κ3) is 2.99. The molecule has 3 heteroatoms. The Balaban J connectivity index is 2.11. The molecule has 1 amide bonds. The highest BCUT2D eigenvalue weighted by molar-refractivity contribution is 6.02. The summed E-state index contributed by atoms with van der Waals surface area (Å²) < 4.78 is 0. The Bertz CT molecular complexity index is 543. The van der Waals surface area contributed by atoms with Crippen molar-refractivity contribution in [2.45, 2.75) is 25.8 Å². The van der Waals surface area contributed by atoms with Crippen molar-refractivity contribution in [3.63, 3.8) is 0 Å². The summed E-state index contributed by atoms with van der Waals surface area (Å²) >= 11 is 0. The first-order valence-corrected chi connectivity index (χ1v) is 6.77. The molecule has 0 bridgehead atoms. The van der Waals surface area contributed by atoms with E-state index in [1.54, 1.807) is 4.90 Å². The van der Waals surface area contributed by atoms with Gasteiger partial charge in [0.1, 0.15) is 0 Å². The van der Waals surface area contributed by atoms with Crippen molar-refractivity contribution < 1.29 is 9.90 Å². The van der Waals surface area contributed by atoms with Crippen molar-refractivity contribution in [2.24, 2.45) is 0 Å². The van der Waals surface area contributed by atoms with Crippen LogP contribution in [0.25, 0.3) is 0 Å². The van der Waals surface area contributed by atoms with Gasteiger partial charge in [-0.2, -0.15) is 0 Å². The molecule has 2 rings (SSSR count). The number of nitrogens with zero attached hydrogens (tertiary/aromatic N) is 1. The molecule has 1 saturated heterocycles. The molecular weight excluding hydrogens is 250 g/mol. The molecule has 104 valence electrons. The number of hydrogen-bond acceptors (Lipinski definition) is 2. The first kappa shape index (κ1) is 14.1. The number of amides is 1. The molecule has 0 spiro atoms. The predicted octanol–water partition coefficient (Wildman–Crippen LogP) is 3.76. The van der Waals surface area contributed by atoms with Crippen molar-refractivity contribution in [3.8, 4) is 0 Å². The lowest BCUT2D eigenvalue weighted by Crippen LogP contribution is -2.53. The smallest absolute Gasteiger partial charge is 0.230 e. The van der Waals surface area contributed by atoms with E-state index in [-0.39, 0.29) is 11.9 Å². The van der Waals surface area contributed by atoms with E-state index in [0.717, 1.165) is 23.9 Å². The van der Waals surface area contributed by atoms with Crippen molar-refractivity contribution in [1.82, 2.24) is 0 Å². The molecule has 1 unspecified atom stereocenters. The maximum absolute atomic E-state index is 11.8. The molecule has 0 aliphatic carbocycles. The number of rotatable bonds is 5. The fraction of sp³-hybridized carbons (Fsp3) is 0.235. The standard InChI is InChI=1S/C17H19NO2/c1-2-3-4-6-9-14(13-19)16-12-17(20)18(16)15-10-7-5-8-11-15/h2-3,5-11,13,16,19H,4,12H2,1H3/b3-2-,9-6?,14-13-. The first-order valence-electron chi connectivity index (χ1n) is 6.77. The quantitative estimate of drug-likeness (QED) is 0.383. The molecule has 0 radical (unpaired) electrons. The molecule has 1 aliphatic heterocycles. The highest BCUT2D eigenvalue weighted by atomic mass is 16.2. The van der Waals surface area contributed by atoms with Gasteiger partial charge in [0.05, 0.1) is 18.7 Å². The van der Waals surface area contributed by atoms with Gasteiger partial charge in [-0.15, -0.1) is 0 Å². The van der Waals surface area contributed by atoms with Crippen molar-refractivity contribution in [3.05, 3.63) is 66.5 Å². The average Bonchev–Trinajstić information content (AvgIpc) is 2.47. The molecule has 0 aromatic heterocycles. The third-order valence-electron chi connectivity index (χ3n) is 3.33. The van der Waals surface area contributed by atoms with Crippen LogP contribution in [0.4, 0.5) is 5.69 Å². The largest absolute Gasteiger partial charge is 0.515 e. The molecule has 3 nitrogen and oxygen atoms in total. The summed E-state index contributed by atoms with van der Waals surface area (Å²) in [5.41, 5.74) is 1.63. The second-order valence-corrected chi connectivity index (χ2v) is 4.66. The van der Waals surface area contributed by atoms with Crippen molar-refractivity contribution in [1.29, 1.82) is 0 Å². The van der Waals surface area contributed by atoms with Gasteiger partial charge in [0, 0.05) is 11.3 Å². The van der Waals surface area contributed by atoms with Crippen molar-refractivity contribution >= 4 is 11.6 Å². The van der Waals surface area contributed by atoms with Gasteiger partial charge in [0.25, 0.3) is 0 Å². The van der Waals surface area contributed by atoms with Crippen LogP contribution in [-0.4, -0.2) is 17.1 Å². The van der Waals surface area contributed by atoms with Crippen LogP contribution in [0.3, 0.4) is 0 Å². The summed E-state index contributed by atoms with van der Waals surface area (Å²) in [6.07, 6.45) is 10.2. The summed E-state index contributed by atoms with van der Waals surface area (Å²) in [6.45, 7) is 1.97. The summed E-state index contributed by atoms with van der Waals surface area (Å²) in [5, 5.41) is 9.40. The lowest BCUT2D eigenvalue weighted by atomic mass is 9.93. The number of hydrogen-bond donors (Lipinski definition) is 1. The minimum absolute atomic E-state index is 0.0724. The minimum Gasteiger partial charge on any atom is -0.515 e. The van der Waals surface area contributed by atoms with E-state index in [1.807, 2.05) is 61.6 Å². The number of β-lactam (4-membered cyclic amide) rings is 1. The molecule has 1 aromatic rings. The lowest BCUT2D eigenvalue weighted by Gasteiger charge is -2.40. The number of anilines is 1. The Morgan fingerprint density at radius 2 is 2.10 bits per heavy atom. The minimum atomic E-state index is -0.0724. The van der Waals surface area contributed by atoms with E-state index >= 15 is 0 Å². The van der Waals surface area contributed by atoms with Gasteiger partial charge in [0.2, 0.25) is 5.91 Å². The zero-order valence-corrected chi connectivity index (χ0v) is 11.6. The van der Waals surface area contributed by atoms with Crippen LogP contribution < -0.4 is 4.90 Å². The number of allylic oxidation sites excluding steroid dienone is 3. The summed E-state index contributed by atoms with van der Waals surface area (Å²) in [6, 6.07) is 9.47. The Hall–Kier alpha value is -2.29. The lowest BCUT2D eigenvalue weighted by molar-refractivity contribution is -0.123. The van der Waals surface area contributed by atoms with Crippen LogP contribution >= 0.6 is 0 Å². The van der Waals surface area contributed by atoms with E-state index < -0.39 is 0 Å². The molecular formula is C17H19NO2. The zero-order valence-electron chi connectivity index (χ0n) is 11.6. The monoisotopic (exact) mass is 269 g/mol. The Labute approximate surface area is 119 Å². The number of carbonyl (C=O) groups is 1. The van der Waals surface area contributed by atoms with E-state index in [9.17, 15) is 9.90 Å². The normalized spacial score (nSPS) is 19.9. The van der Waals surface area contributed by atoms with Gasteiger partial charge in [-0.05, 0) is 25.5 Å². The topological polar surface area (TPSA) is 40.5 Å². The predicted molar refractivity (Wildman–Crippen MR) is 81.6 cm³/mol. The fourth-order valence-electron chi connectivity index (χ4n) is 2.25. The average molecular weight is 269 g/mol. The van der Waals surface area contributed by atoms with Gasteiger partial charge in [-0.1, -0.05) is 42.5 Å². The second-order valence-electron chi connectivity index (χ2n) is 4.66. The summed E-state index contributed by atoms with van der Waals surface area (Å²) in [4.78, 5) is 13.5. The van der Waals surface area contributed by atoms with Crippen LogP contribution in [0, 0.1) is 0 Å². The SMILES string of the molecule is C/C=C\CC=C/C(=C/O)C1CC(=O)N1c1ccccc1. The van der Waals surface area contributed by atoms with E-state index in [4.69, 9.17) is 0 Å². The number of aliphatic hydroxyl groups excluding tert-OH is 1. The van der Waals surface area contributed by atoms with Gasteiger partial charge in [-0.3, -0.25) is 4.79 Å². The van der Waals surface area contributed by atoms with Crippen molar-refractivity contribution in [2.75, 3.05) is 4.90 Å². The molecule has 20 heavy (non-hydrogen) atoms. The highest BCUT2D eigenvalue weighted by Crippen LogP contribution is 2.32. The Morgan fingerprint density at radius 1 is 1.35 bits per heavy atom. The molecule has 1 heterocycles. The van der Waals surface area contributed by atoms with Crippen LogP contribution in [0.5, 0.6) is 0 Å². The maximum atomic E-state index is 11.8. The summed E-state index contributed by atoms with van der Waals surface area (Å²) in [7, 11) is 0. The van der Waals surface area contributed by atoms with Gasteiger partial charge in [0.15, 0.2) is 0 Å². The fourth-order valence-corrected chi connectivity index (χ4v) is 2.25. The molecule has 0 saturated carbocycles. The molecule has 1 aliphatic rings. The molecule has 1 N–H and O–H groups in total. The highest BCUT2D eigenvalue weighted by Gasteiger charge is 2.38. The van der Waals surface area contributed by atoms with Crippen LogP contribution in [0.2, 0.25) is 0 Å². The third-order valence-corrected chi connectivity index (χ3v) is 3.33. The maximum Gasteiger partial charge on any atom is 0.230 e. The zero-order chi connectivity index (χ0) is 14.4. The van der Waals surface area contributed by atoms with Crippen LogP contribution in [-0.2, 0) is 4.79 Å². The number of para-hydroxylation sites is 1. The molecule has 1 atom stereocenters.